The second kappa shape index (κ2) is 11.4. The molecule has 0 bridgehead atoms. The SMILES string of the molecule is Clc1ccc(COc2ccc(Br)cc2CNCCCN2CCOCC2)cc1Cl. The van der Waals surface area contributed by atoms with Crippen molar-refractivity contribution in [2.45, 2.75) is 19.6 Å². The minimum Gasteiger partial charge on any atom is -0.489 e. The molecule has 0 saturated carbocycles. The minimum atomic E-state index is 0.447. The number of hydrogen-bond donors (Lipinski definition) is 1. The topological polar surface area (TPSA) is 33.7 Å². The third-order valence-electron chi connectivity index (χ3n) is 4.65. The van der Waals surface area contributed by atoms with Gasteiger partial charge in [0.05, 0.1) is 23.3 Å². The lowest BCUT2D eigenvalue weighted by molar-refractivity contribution is 0.0374. The van der Waals surface area contributed by atoms with Gasteiger partial charge in [-0.05, 0) is 55.4 Å². The molecule has 152 valence electrons. The highest BCUT2D eigenvalue weighted by Crippen LogP contribution is 2.26. The Kier molecular flexibility index (Phi) is 8.90. The summed E-state index contributed by atoms with van der Waals surface area (Å²) in [5.41, 5.74) is 2.11. The van der Waals surface area contributed by atoms with Crippen LogP contribution in [0.5, 0.6) is 5.75 Å². The van der Waals surface area contributed by atoms with Gasteiger partial charge in [0.15, 0.2) is 0 Å². The molecular weight excluding hydrogens is 463 g/mol. The molecule has 1 aliphatic rings. The Bertz CT molecular complexity index is 770. The van der Waals surface area contributed by atoms with E-state index in [-0.39, 0.29) is 0 Å². The molecule has 2 aromatic carbocycles. The van der Waals surface area contributed by atoms with Crippen molar-refractivity contribution in [3.63, 3.8) is 0 Å². The molecule has 0 aromatic heterocycles. The van der Waals surface area contributed by atoms with Crippen LogP contribution in [0.3, 0.4) is 0 Å². The summed E-state index contributed by atoms with van der Waals surface area (Å²) in [6.07, 6.45) is 1.12. The van der Waals surface area contributed by atoms with Crippen LogP contribution in [-0.2, 0) is 17.9 Å². The fourth-order valence-electron chi connectivity index (χ4n) is 3.09. The number of ether oxygens (including phenoxy) is 2. The maximum atomic E-state index is 6.09. The summed E-state index contributed by atoms with van der Waals surface area (Å²) in [6, 6.07) is 11.6. The van der Waals surface area contributed by atoms with Gasteiger partial charge >= 0.3 is 0 Å². The maximum Gasteiger partial charge on any atom is 0.124 e. The minimum absolute atomic E-state index is 0.447. The second-order valence-corrected chi connectivity index (χ2v) is 8.50. The largest absolute Gasteiger partial charge is 0.489 e. The van der Waals surface area contributed by atoms with Crippen LogP contribution in [0.4, 0.5) is 0 Å². The van der Waals surface area contributed by atoms with Crippen LogP contribution in [0, 0.1) is 0 Å². The van der Waals surface area contributed by atoms with Gasteiger partial charge in [0, 0.05) is 29.7 Å². The van der Waals surface area contributed by atoms with E-state index in [1.54, 1.807) is 6.07 Å². The van der Waals surface area contributed by atoms with Crippen molar-refractivity contribution in [2.24, 2.45) is 0 Å². The fourth-order valence-corrected chi connectivity index (χ4v) is 3.82. The molecule has 2 aromatic rings. The molecule has 28 heavy (non-hydrogen) atoms. The number of rotatable bonds is 9. The van der Waals surface area contributed by atoms with Gasteiger partial charge in [-0.1, -0.05) is 45.2 Å². The molecule has 4 nitrogen and oxygen atoms in total. The van der Waals surface area contributed by atoms with E-state index < -0.39 is 0 Å². The third-order valence-corrected chi connectivity index (χ3v) is 5.88. The predicted octanol–water partition coefficient (Wildman–Crippen LogP) is 5.15. The molecule has 1 fully saturated rings. The summed E-state index contributed by atoms with van der Waals surface area (Å²) in [6.45, 7) is 7.07. The summed E-state index contributed by atoms with van der Waals surface area (Å²) in [5, 5.41) is 4.62. The van der Waals surface area contributed by atoms with Crippen molar-refractivity contribution in [3.05, 3.63) is 62.0 Å². The van der Waals surface area contributed by atoms with Crippen molar-refractivity contribution < 1.29 is 9.47 Å². The standard InChI is InChI=1S/C21H25BrCl2N2O2/c22-18-3-5-21(28-15-16-2-4-19(23)20(24)12-16)17(13-18)14-25-6-1-7-26-8-10-27-11-9-26/h2-5,12-13,25H,1,6-11,14-15H2. The van der Waals surface area contributed by atoms with Crippen molar-refractivity contribution in [3.8, 4) is 5.75 Å². The Hall–Kier alpha value is -0.820. The molecule has 0 amide bonds. The zero-order valence-corrected chi connectivity index (χ0v) is 18.8. The smallest absolute Gasteiger partial charge is 0.124 e. The van der Waals surface area contributed by atoms with Gasteiger partial charge in [-0.15, -0.1) is 0 Å². The number of benzene rings is 2. The molecule has 1 heterocycles. The Morgan fingerprint density at radius 3 is 2.68 bits per heavy atom. The molecule has 1 saturated heterocycles. The Labute approximate surface area is 185 Å². The van der Waals surface area contributed by atoms with Crippen molar-refractivity contribution >= 4 is 39.1 Å². The molecular formula is C21H25BrCl2N2O2. The Morgan fingerprint density at radius 2 is 1.89 bits per heavy atom. The van der Waals surface area contributed by atoms with Crippen molar-refractivity contribution in [1.82, 2.24) is 10.2 Å². The lowest BCUT2D eigenvalue weighted by Gasteiger charge is -2.26. The van der Waals surface area contributed by atoms with Gasteiger partial charge in [-0.3, -0.25) is 4.90 Å². The highest BCUT2D eigenvalue weighted by atomic mass is 79.9. The number of nitrogens with zero attached hydrogens (tertiary/aromatic N) is 1. The van der Waals surface area contributed by atoms with E-state index in [1.165, 1.54) is 0 Å². The average Bonchev–Trinajstić information content (AvgIpc) is 2.70. The van der Waals surface area contributed by atoms with Gasteiger partial charge in [0.2, 0.25) is 0 Å². The summed E-state index contributed by atoms with van der Waals surface area (Å²) < 4.78 is 12.5. The monoisotopic (exact) mass is 486 g/mol. The number of nitrogens with one attached hydrogen (secondary N) is 1. The maximum absolute atomic E-state index is 6.09. The summed E-state index contributed by atoms with van der Waals surface area (Å²) >= 11 is 15.6. The molecule has 0 radical (unpaired) electrons. The summed E-state index contributed by atoms with van der Waals surface area (Å²) in [7, 11) is 0. The zero-order valence-electron chi connectivity index (χ0n) is 15.7. The van der Waals surface area contributed by atoms with Gasteiger partial charge < -0.3 is 14.8 Å². The first-order valence-electron chi connectivity index (χ1n) is 9.48. The number of hydrogen-bond acceptors (Lipinski definition) is 4. The van der Waals surface area contributed by atoms with E-state index in [0.29, 0.717) is 16.7 Å². The van der Waals surface area contributed by atoms with E-state index in [1.807, 2.05) is 24.3 Å². The van der Waals surface area contributed by atoms with Gasteiger partial charge in [0.25, 0.3) is 0 Å². The lowest BCUT2D eigenvalue weighted by atomic mass is 10.2. The van der Waals surface area contributed by atoms with Crippen LogP contribution in [0.1, 0.15) is 17.5 Å². The number of morpholine rings is 1. The van der Waals surface area contributed by atoms with Crippen LogP contribution in [0.2, 0.25) is 10.0 Å². The molecule has 0 aliphatic carbocycles. The zero-order chi connectivity index (χ0) is 19.8. The van der Waals surface area contributed by atoms with Crippen molar-refractivity contribution in [2.75, 3.05) is 39.4 Å². The molecule has 0 unspecified atom stereocenters. The fraction of sp³-hybridized carbons (Fsp3) is 0.429. The summed E-state index contributed by atoms with van der Waals surface area (Å²) in [5.74, 6) is 0.870. The lowest BCUT2D eigenvalue weighted by Crippen LogP contribution is -2.37. The average molecular weight is 488 g/mol. The van der Waals surface area contributed by atoms with E-state index in [4.69, 9.17) is 32.7 Å². The predicted molar refractivity (Wildman–Crippen MR) is 119 cm³/mol. The molecule has 1 aliphatic heterocycles. The van der Waals surface area contributed by atoms with E-state index >= 15 is 0 Å². The first kappa shape index (κ1) is 21.9. The first-order valence-corrected chi connectivity index (χ1v) is 11.0. The third kappa shape index (κ3) is 6.90. The van der Waals surface area contributed by atoms with E-state index in [2.05, 4.69) is 32.2 Å². The van der Waals surface area contributed by atoms with Gasteiger partial charge in [0.1, 0.15) is 12.4 Å². The first-order chi connectivity index (χ1) is 13.6. The van der Waals surface area contributed by atoms with Gasteiger partial charge in [-0.2, -0.15) is 0 Å². The van der Waals surface area contributed by atoms with E-state index in [0.717, 1.165) is 73.7 Å². The molecule has 0 atom stereocenters. The molecule has 1 N–H and O–H groups in total. The Morgan fingerprint density at radius 1 is 1.07 bits per heavy atom. The quantitative estimate of drug-likeness (QED) is 0.496. The molecule has 0 spiro atoms. The number of halogens is 3. The molecule has 3 rings (SSSR count). The van der Waals surface area contributed by atoms with Crippen molar-refractivity contribution in [1.29, 1.82) is 0 Å². The van der Waals surface area contributed by atoms with Crippen LogP contribution in [0.15, 0.2) is 40.9 Å². The summed E-state index contributed by atoms with van der Waals surface area (Å²) in [4.78, 5) is 2.45. The van der Waals surface area contributed by atoms with Gasteiger partial charge in [-0.25, -0.2) is 0 Å². The van der Waals surface area contributed by atoms with Crippen LogP contribution in [-0.4, -0.2) is 44.3 Å². The Balaban J connectivity index is 1.48. The molecule has 7 heteroatoms. The second-order valence-electron chi connectivity index (χ2n) is 6.77. The van der Waals surface area contributed by atoms with Crippen LogP contribution in [0.25, 0.3) is 0 Å². The highest BCUT2D eigenvalue weighted by Gasteiger charge is 2.10. The van der Waals surface area contributed by atoms with Crippen LogP contribution < -0.4 is 10.1 Å². The van der Waals surface area contributed by atoms with Crippen LogP contribution >= 0.6 is 39.1 Å². The van der Waals surface area contributed by atoms with E-state index in [9.17, 15) is 0 Å². The highest BCUT2D eigenvalue weighted by molar-refractivity contribution is 9.10. The normalized spacial score (nSPS) is 15.0.